The van der Waals surface area contributed by atoms with Crippen LogP contribution in [0.4, 0.5) is 5.82 Å². The highest BCUT2D eigenvalue weighted by Crippen LogP contribution is 2.31. The second-order valence-corrected chi connectivity index (χ2v) is 5.61. The zero-order valence-electron chi connectivity index (χ0n) is 10.9. The van der Waals surface area contributed by atoms with E-state index in [1.807, 2.05) is 0 Å². The van der Waals surface area contributed by atoms with E-state index in [4.69, 9.17) is 18.0 Å². The maximum atomic E-state index is 5.50. The van der Waals surface area contributed by atoms with Crippen LogP contribution in [0.25, 0.3) is 0 Å². The van der Waals surface area contributed by atoms with Gasteiger partial charge in [-0.15, -0.1) is 0 Å². The summed E-state index contributed by atoms with van der Waals surface area (Å²) in [6.45, 7) is 4.62. The molecule has 98 valence electrons. The molecule has 3 atom stereocenters. The highest BCUT2D eigenvalue weighted by atomic mass is 32.1. The van der Waals surface area contributed by atoms with Crippen molar-refractivity contribution >= 4 is 23.0 Å². The van der Waals surface area contributed by atoms with Gasteiger partial charge in [0.25, 0.3) is 0 Å². The molecule has 4 nitrogen and oxygen atoms in total. The molecule has 18 heavy (non-hydrogen) atoms. The Morgan fingerprint density at radius 1 is 1.33 bits per heavy atom. The van der Waals surface area contributed by atoms with Crippen LogP contribution < -0.4 is 11.1 Å². The first-order valence-corrected chi connectivity index (χ1v) is 6.87. The Morgan fingerprint density at radius 2 is 2.11 bits per heavy atom. The fourth-order valence-corrected chi connectivity index (χ4v) is 2.61. The summed E-state index contributed by atoms with van der Waals surface area (Å²) in [5.74, 6) is 2.23. The topological polar surface area (TPSA) is 63.8 Å². The third-order valence-corrected chi connectivity index (χ3v) is 4.15. The highest BCUT2D eigenvalue weighted by molar-refractivity contribution is 7.80. The number of hydrogen-bond acceptors (Lipinski definition) is 4. The van der Waals surface area contributed by atoms with E-state index in [1.165, 1.54) is 19.3 Å². The Balaban J connectivity index is 2.02. The molecule has 0 aliphatic heterocycles. The second kappa shape index (κ2) is 5.61. The lowest BCUT2D eigenvalue weighted by atomic mass is 9.78. The molecule has 1 aliphatic rings. The van der Waals surface area contributed by atoms with Crippen LogP contribution in [0.1, 0.15) is 38.8 Å². The molecule has 1 saturated carbocycles. The molecule has 1 aromatic rings. The minimum atomic E-state index is 0.286. The minimum Gasteiger partial charge on any atom is -0.388 e. The van der Waals surface area contributed by atoms with Crippen LogP contribution >= 0.6 is 12.2 Å². The van der Waals surface area contributed by atoms with Crippen molar-refractivity contribution in [3.8, 4) is 0 Å². The predicted molar refractivity (Wildman–Crippen MR) is 77.5 cm³/mol. The average Bonchev–Trinajstić information content (AvgIpc) is 2.36. The van der Waals surface area contributed by atoms with Crippen molar-refractivity contribution in [1.82, 2.24) is 9.97 Å². The molecule has 3 unspecified atom stereocenters. The van der Waals surface area contributed by atoms with E-state index in [2.05, 4.69) is 29.1 Å². The third kappa shape index (κ3) is 2.96. The van der Waals surface area contributed by atoms with Gasteiger partial charge in [-0.2, -0.15) is 0 Å². The average molecular weight is 264 g/mol. The smallest absolute Gasteiger partial charge is 0.144 e. The number of thiocarbonyl (C=S) groups is 1. The normalized spacial score (nSPS) is 27.8. The van der Waals surface area contributed by atoms with Crippen molar-refractivity contribution < 1.29 is 0 Å². The van der Waals surface area contributed by atoms with Gasteiger partial charge >= 0.3 is 0 Å². The molecule has 0 aromatic carbocycles. The Bertz CT molecular complexity index is 418. The largest absolute Gasteiger partial charge is 0.388 e. The van der Waals surface area contributed by atoms with Crippen LogP contribution in [-0.2, 0) is 0 Å². The standard InChI is InChI=1S/C13H20N4S/c1-8-4-3-5-10(9(8)2)17-12-7-15-11(6-16-12)13(14)18/h6-10H,3-5H2,1-2H3,(H2,14,18)(H,16,17). The molecule has 1 heterocycles. The Hall–Kier alpha value is -1.23. The molecule has 0 radical (unpaired) electrons. The number of rotatable bonds is 3. The zero-order chi connectivity index (χ0) is 13.1. The van der Waals surface area contributed by atoms with Gasteiger partial charge in [-0.05, 0) is 18.3 Å². The fourth-order valence-electron chi connectivity index (χ4n) is 2.51. The first-order valence-electron chi connectivity index (χ1n) is 6.46. The lowest BCUT2D eigenvalue weighted by molar-refractivity contribution is 0.253. The zero-order valence-corrected chi connectivity index (χ0v) is 11.7. The molecular weight excluding hydrogens is 244 g/mol. The molecule has 5 heteroatoms. The van der Waals surface area contributed by atoms with Crippen LogP contribution in [0, 0.1) is 11.8 Å². The van der Waals surface area contributed by atoms with Crippen LogP contribution in [-0.4, -0.2) is 21.0 Å². The Morgan fingerprint density at radius 3 is 2.72 bits per heavy atom. The van der Waals surface area contributed by atoms with Gasteiger partial charge < -0.3 is 11.1 Å². The summed E-state index contributed by atoms with van der Waals surface area (Å²) in [6.07, 6.45) is 7.14. The number of aromatic nitrogens is 2. The molecular formula is C13H20N4S. The first kappa shape index (κ1) is 13.2. The summed E-state index contributed by atoms with van der Waals surface area (Å²) in [5.41, 5.74) is 6.07. The summed E-state index contributed by atoms with van der Waals surface area (Å²) in [7, 11) is 0. The van der Waals surface area contributed by atoms with E-state index in [0.29, 0.717) is 17.7 Å². The summed E-state index contributed by atoms with van der Waals surface area (Å²) < 4.78 is 0. The van der Waals surface area contributed by atoms with Crippen LogP contribution in [0.2, 0.25) is 0 Å². The lowest BCUT2D eigenvalue weighted by Crippen LogP contribution is -2.35. The van der Waals surface area contributed by atoms with Gasteiger partial charge in [0.05, 0.1) is 12.4 Å². The molecule has 0 saturated heterocycles. The quantitative estimate of drug-likeness (QED) is 0.820. The maximum Gasteiger partial charge on any atom is 0.144 e. The molecule has 0 spiro atoms. The van der Waals surface area contributed by atoms with Crippen molar-refractivity contribution in [1.29, 1.82) is 0 Å². The second-order valence-electron chi connectivity index (χ2n) is 5.17. The summed E-state index contributed by atoms with van der Waals surface area (Å²) in [5, 5.41) is 3.47. The SMILES string of the molecule is CC1CCCC(Nc2cnc(C(N)=S)cn2)C1C. The van der Waals surface area contributed by atoms with Gasteiger partial charge in [0, 0.05) is 6.04 Å². The highest BCUT2D eigenvalue weighted by Gasteiger charge is 2.27. The van der Waals surface area contributed by atoms with E-state index in [9.17, 15) is 0 Å². The summed E-state index contributed by atoms with van der Waals surface area (Å²) >= 11 is 4.86. The Kier molecular flexibility index (Phi) is 4.11. The number of hydrogen-bond donors (Lipinski definition) is 2. The van der Waals surface area contributed by atoms with E-state index in [-0.39, 0.29) is 4.99 Å². The van der Waals surface area contributed by atoms with Crippen molar-refractivity contribution in [2.75, 3.05) is 5.32 Å². The van der Waals surface area contributed by atoms with Gasteiger partial charge in [-0.25, -0.2) is 9.97 Å². The predicted octanol–water partition coefficient (Wildman–Crippen LogP) is 2.35. The van der Waals surface area contributed by atoms with Gasteiger partial charge in [0.15, 0.2) is 0 Å². The molecule has 0 amide bonds. The van der Waals surface area contributed by atoms with Crippen LogP contribution in [0.3, 0.4) is 0 Å². The fraction of sp³-hybridized carbons (Fsp3) is 0.615. The van der Waals surface area contributed by atoms with Crippen molar-refractivity contribution in [3.63, 3.8) is 0 Å². The maximum absolute atomic E-state index is 5.50. The number of nitrogens with one attached hydrogen (secondary N) is 1. The summed E-state index contributed by atoms with van der Waals surface area (Å²) in [6, 6.07) is 0.485. The van der Waals surface area contributed by atoms with Gasteiger partial charge in [-0.3, -0.25) is 0 Å². The van der Waals surface area contributed by atoms with Crippen molar-refractivity contribution in [2.24, 2.45) is 17.6 Å². The third-order valence-electron chi connectivity index (χ3n) is 3.94. The first-order chi connectivity index (χ1) is 8.58. The molecule has 1 aromatic heterocycles. The monoisotopic (exact) mass is 264 g/mol. The molecule has 3 N–H and O–H groups in total. The van der Waals surface area contributed by atoms with Crippen LogP contribution in [0.5, 0.6) is 0 Å². The number of nitrogens with two attached hydrogens (primary N) is 1. The number of nitrogens with zero attached hydrogens (tertiary/aromatic N) is 2. The van der Waals surface area contributed by atoms with E-state index < -0.39 is 0 Å². The molecule has 2 rings (SSSR count). The molecule has 1 aliphatic carbocycles. The van der Waals surface area contributed by atoms with Crippen LogP contribution in [0.15, 0.2) is 12.4 Å². The number of anilines is 1. The lowest BCUT2D eigenvalue weighted by Gasteiger charge is -2.34. The van der Waals surface area contributed by atoms with Crippen molar-refractivity contribution in [2.45, 2.75) is 39.2 Å². The van der Waals surface area contributed by atoms with E-state index in [1.54, 1.807) is 12.4 Å². The Labute approximate surface area is 113 Å². The van der Waals surface area contributed by atoms with Gasteiger partial charge in [0.2, 0.25) is 0 Å². The summed E-state index contributed by atoms with van der Waals surface area (Å²) in [4.78, 5) is 8.79. The minimum absolute atomic E-state index is 0.286. The van der Waals surface area contributed by atoms with Crippen molar-refractivity contribution in [3.05, 3.63) is 18.1 Å². The van der Waals surface area contributed by atoms with Gasteiger partial charge in [0.1, 0.15) is 16.5 Å². The van der Waals surface area contributed by atoms with Gasteiger partial charge in [-0.1, -0.05) is 38.9 Å². The molecule has 1 fully saturated rings. The molecule has 0 bridgehead atoms. The van der Waals surface area contributed by atoms with E-state index >= 15 is 0 Å². The van der Waals surface area contributed by atoms with E-state index in [0.717, 1.165) is 11.7 Å².